The van der Waals surface area contributed by atoms with Gasteiger partial charge >= 0.3 is 0 Å². The molecule has 0 saturated carbocycles. The minimum atomic E-state index is -0.589. The second kappa shape index (κ2) is 11.4. The largest absolute Gasteiger partial charge is 0.325 e. The highest BCUT2D eigenvalue weighted by atomic mass is 79.9. The third-order valence-electron chi connectivity index (χ3n) is 5.13. The van der Waals surface area contributed by atoms with Gasteiger partial charge in [0.1, 0.15) is 5.25 Å². The lowest BCUT2D eigenvalue weighted by atomic mass is 10.1. The summed E-state index contributed by atoms with van der Waals surface area (Å²) in [6.45, 7) is 0.445. The van der Waals surface area contributed by atoms with Gasteiger partial charge in [0.25, 0.3) is 0 Å². The first kappa shape index (κ1) is 24.8. The number of rotatable bonds is 6. The Kier molecular flexibility index (Phi) is 8.32. The van der Waals surface area contributed by atoms with Crippen LogP contribution in [0.3, 0.4) is 0 Å². The van der Waals surface area contributed by atoms with Gasteiger partial charge in [-0.25, -0.2) is 4.99 Å². The molecule has 0 bridgehead atoms. The fraction of sp³-hybridized carbons (Fsp3) is 0.160. The molecule has 0 aliphatic carbocycles. The zero-order valence-electron chi connectivity index (χ0n) is 17.9. The fourth-order valence-corrected chi connectivity index (χ4v) is 4.98. The van der Waals surface area contributed by atoms with E-state index in [1.807, 2.05) is 36.4 Å². The van der Waals surface area contributed by atoms with Crippen molar-refractivity contribution in [2.45, 2.75) is 18.1 Å². The Balaban J connectivity index is 1.54. The topological polar surface area (TPSA) is 61.8 Å². The van der Waals surface area contributed by atoms with Crippen LogP contribution in [0.4, 0.5) is 11.4 Å². The molecule has 1 heterocycles. The van der Waals surface area contributed by atoms with Crippen LogP contribution in [-0.2, 0) is 16.0 Å². The quantitative estimate of drug-likeness (QED) is 0.345. The van der Waals surface area contributed by atoms with Gasteiger partial charge in [0.2, 0.25) is 11.8 Å². The second-order valence-electron chi connectivity index (χ2n) is 7.60. The van der Waals surface area contributed by atoms with Crippen LogP contribution in [0.15, 0.2) is 82.3 Å². The summed E-state index contributed by atoms with van der Waals surface area (Å²) in [4.78, 5) is 32.4. The third-order valence-corrected chi connectivity index (χ3v) is 7.35. The van der Waals surface area contributed by atoms with E-state index in [2.05, 4.69) is 26.2 Å². The van der Waals surface area contributed by atoms with Crippen molar-refractivity contribution >= 4 is 79.3 Å². The smallest absolute Gasteiger partial charge is 0.238 e. The molecule has 1 fully saturated rings. The van der Waals surface area contributed by atoms with Crippen molar-refractivity contribution in [3.05, 3.63) is 92.9 Å². The molecule has 1 atom stereocenters. The minimum Gasteiger partial charge on any atom is -0.325 e. The summed E-state index contributed by atoms with van der Waals surface area (Å²) in [6, 6.07) is 21.9. The van der Waals surface area contributed by atoms with Gasteiger partial charge in [-0.1, -0.05) is 63.0 Å². The summed E-state index contributed by atoms with van der Waals surface area (Å²) in [7, 11) is 0. The van der Waals surface area contributed by atoms with Crippen LogP contribution in [0, 0.1) is 0 Å². The molecular weight excluding hydrogens is 557 g/mol. The van der Waals surface area contributed by atoms with Crippen LogP contribution < -0.4 is 5.32 Å². The van der Waals surface area contributed by atoms with E-state index in [9.17, 15) is 9.59 Å². The number of hydrogen-bond donors (Lipinski definition) is 1. The number of aliphatic imine (C=N–C) groups is 1. The van der Waals surface area contributed by atoms with Gasteiger partial charge in [0.15, 0.2) is 5.17 Å². The average molecular weight is 577 g/mol. The Morgan fingerprint density at radius 2 is 1.62 bits per heavy atom. The Labute approximate surface area is 220 Å². The van der Waals surface area contributed by atoms with Crippen molar-refractivity contribution in [1.29, 1.82) is 0 Å². The van der Waals surface area contributed by atoms with Gasteiger partial charge in [0.05, 0.1) is 5.69 Å². The standard InChI is InChI=1S/C25H20BrCl2N3O2S/c26-17-3-9-20(10-4-17)29-24(33)22-15-23(32)31(14-13-16-1-5-18(27)6-2-16)25(34-22)30-21-11-7-19(28)8-12-21/h1-12,22H,13-15H2,(H,29,33). The van der Waals surface area contributed by atoms with E-state index in [0.717, 1.165) is 10.0 Å². The zero-order valence-corrected chi connectivity index (χ0v) is 21.8. The van der Waals surface area contributed by atoms with Crippen LogP contribution in [0.5, 0.6) is 0 Å². The molecule has 2 amide bonds. The molecule has 1 unspecified atom stereocenters. The van der Waals surface area contributed by atoms with Crippen LogP contribution in [0.1, 0.15) is 12.0 Å². The van der Waals surface area contributed by atoms with Crippen LogP contribution in [-0.4, -0.2) is 33.7 Å². The van der Waals surface area contributed by atoms with Crippen molar-refractivity contribution in [2.75, 3.05) is 11.9 Å². The number of carbonyl (C=O) groups is 2. The molecule has 1 aliphatic heterocycles. The number of halogens is 3. The first-order chi connectivity index (χ1) is 16.4. The molecule has 0 spiro atoms. The zero-order chi connectivity index (χ0) is 24.1. The molecule has 1 saturated heterocycles. The molecule has 0 radical (unpaired) electrons. The summed E-state index contributed by atoms with van der Waals surface area (Å²) in [5.74, 6) is -0.377. The third kappa shape index (κ3) is 6.63. The average Bonchev–Trinajstić information content (AvgIpc) is 2.82. The van der Waals surface area contributed by atoms with Crippen LogP contribution in [0.25, 0.3) is 0 Å². The van der Waals surface area contributed by atoms with Crippen molar-refractivity contribution in [1.82, 2.24) is 4.90 Å². The number of amides is 2. The molecule has 174 valence electrons. The maximum atomic E-state index is 13.1. The predicted octanol–water partition coefficient (Wildman–Crippen LogP) is 6.96. The van der Waals surface area contributed by atoms with E-state index < -0.39 is 5.25 Å². The van der Waals surface area contributed by atoms with Crippen LogP contribution in [0.2, 0.25) is 10.0 Å². The number of anilines is 1. The summed E-state index contributed by atoms with van der Waals surface area (Å²) in [5, 5.41) is 4.06. The summed E-state index contributed by atoms with van der Waals surface area (Å²) >= 11 is 16.7. The lowest BCUT2D eigenvalue weighted by Gasteiger charge is -2.32. The molecule has 4 rings (SSSR count). The predicted molar refractivity (Wildman–Crippen MR) is 144 cm³/mol. The number of carbonyl (C=O) groups excluding carboxylic acids is 2. The first-order valence-corrected chi connectivity index (χ1v) is 12.9. The molecule has 5 nitrogen and oxygen atoms in total. The number of amidine groups is 1. The summed E-state index contributed by atoms with van der Waals surface area (Å²) in [5.41, 5.74) is 2.39. The highest BCUT2D eigenvalue weighted by Gasteiger charge is 2.35. The molecule has 3 aromatic carbocycles. The first-order valence-electron chi connectivity index (χ1n) is 10.5. The van der Waals surface area contributed by atoms with Crippen molar-refractivity contribution < 1.29 is 9.59 Å². The Hall–Kier alpha value is -2.32. The lowest BCUT2D eigenvalue weighted by molar-refractivity contribution is -0.129. The van der Waals surface area contributed by atoms with Gasteiger partial charge in [-0.15, -0.1) is 0 Å². The lowest BCUT2D eigenvalue weighted by Crippen LogP contribution is -2.46. The van der Waals surface area contributed by atoms with Gasteiger partial charge in [-0.2, -0.15) is 0 Å². The van der Waals surface area contributed by atoms with E-state index >= 15 is 0 Å². The molecule has 9 heteroatoms. The van der Waals surface area contributed by atoms with Crippen molar-refractivity contribution in [2.24, 2.45) is 4.99 Å². The van der Waals surface area contributed by atoms with Gasteiger partial charge < -0.3 is 5.32 Å². The summed E-state index contributed by atoms with van der Waals surface area (Å²) in [6.07, 6.45) is 0.728. The number of hydrogen-bond acceptors (Lipinski definition) is 4. The SMILES string of the molecule is O=C(Nc1ccc(Br)cc1)C1CC(=O)N(CCc2ccc(Cl)cc2)C(=Nc2ccc(Cl)cc2)S1. The second-order valence-corrected chi connectivity index (χ2v) is 10.6. The van der Waals surface area contributed by atoms with E-state index in [0.29, 0.717) is 39.6 Å². The number of nitrogens with zero attached hydrogens (tertiary/aromatic N) is 2. The maximum Gasteiger partial charge on any atom is 0.238 e. The number of benzene rings is 3. The Morgan fingerprint density at radius 1 is 1.00 bits per heavy atom. The van der Waals surface area contributed by atoms with Gasteiger partial charge in [0, 0.05) is 33.2 Å². The number of nitrogens with one attached hydrogen (secondary N) is 1. The monoisotopic (exact) mass is 575 g/mol. The molecule has 3 aromatic rings. The van der Waals surface area contributed by atoms with E-state index in [1.165, 1.54) is 11.8 Å². The molecule has 1 aliphatic rings. The Morgan fingerprint density at radius 3 is 2.26 bits per heavy atom. The fourth-order valence-electron chi connectivity index (χ4n) is 3.34. The normalized spacial score (nSPS) is 17.1. The molecule has 1 N–H and O–H groups in total. The van der Waals surface area contributed by atoms with Gasteiger partial charge in [-0.05, 0) is 72.6 Å². The molecule has 34 heavy (non-hydrogen) atoms. The van der Waals surface area contributed by atoms with Crippen molar-refractivity contribution in [3.63, 3.8) is 0 Å². The van der Waals surface area contributed by atoms with E-state index in [1.54, 1.807) is 41.3 Å². The van der Waals surface area contributed by atoms with E-state index in [4.69, 9.17) is 23.2 Å². The van der Waals surface area contributed by atoms with Gasteiger partial charge in [-0.3, -0.25) is 14.5 Å². The van der Waals surface area contributed by atoms with Crippen molar-refractivity contribution in [3.8, 4) is 0 Å². The maximum absolute atomic E-state index is 13.1. The van der Waals surface area contributed by atoms with E-state index in [-0.39, 0.29) is 18.2 Å². The minimum absolute atomic E-state index is 0.0906. The highest BCUT2D eigenvalue weighted by Crippen LogP contribution is 2.30. The molecular formula is C25H20BrCl2N3O2S. The van der Waals surface area contributed by atoms with Crippen LogP contribution >= 0.6 is 50.9 Å². The summed E-state index contributed by atoms with van der Waals surface area (Å²) < 4.78 is 0.918. The highest BCUT2D eigenvalue weighted by molar-refractivity contribution is 9.10. The number of thioether (sulfide) groups is 1. The molecule has 0 aromatic heterocycles. The Bertz CT molecular complexity index is 1200.